The van der Waals surface area contributed by atoms with Crippen molar-refractivity contribution < 1.29 is 0 Å². The number of rotatable bonds is 5. The third-order valence-corrected chi connectivity index (χ3v) is 5.42. The van der Waals surface area contributed by atoms with Crippen molar-refractivity contribution in [1.29, 1.82) is 0 Å². The number of aryl methyl sites for hydroxylation is 2. The van der Waals surface area contributed by atoms with Gasteiger partial charge in [0.2, 0.25) is 0 Å². The molecule has 6 heteroatoms. The molecule has 0 bridgehead atoms. The number of benzene rings is 1. The zero-order chi connectivity index (χ0) is 17.8. The van der Waals surface area contributed by atoms with Crippen LogP contribution >= 0.6 is 11.3 Å². The van der Waals surface area contributed by atoms with Crippen molar-refractivity contribution in [3.63, 3.8) is 0 Å². The van der Waals surface area contributed by atoms with Crippen LogP contribution in [0.3, 0.4) is 0 Å². The molecule has 5 nitrogen and oxygen atoms in total. The third kappa shape index (κ3) is 3.85. The summed E-state index contributed by atoms with van der Waals surface area (Å²) in [6.45, 7) is 8.45. The molecule has 0 unspecified atom stereocenters. The first-order valence-corrected chi connectivity index (χ1v) is 9.44. The summed E-state index contributed by atoms with van der Waals surface area (Å²) in [6, 6.07) is 8.49. The molecule has 25 heavy (non-hydrogen) atoms. The van der Waals surface area contributed by atoms with E-state index in [0.29, 0.717) is 6.54 Å². The molecule has 0 saturated heterocycles. The number of thiophene rings is 1. The second-order valence-electron chi connectivity index (χ2n) is 6.08. The SMILES string of the molecule is CCNC(=NCc1csc2ccccc12)NCc1c(C)nn(C)c1C. The number of nitrogens with one attached hydrogen (secondary N) is 2. The highest BCUT2D eigenvalue weighted by molar-refractivity contribution is 7.17. The predicted octanol–water partition coefficient (Wildman–Crippen LogP) is 3.51. The smallest absolute Gasteiger partial charge is 0.191 e. The zero-order valence-corrected chi connectivity index (χ0v) is 16.1. The number of aliphatic imine (C=N–C) groups is 1. The van der Waals surface area contributed by atoms with Crippen LogP contribution in [0, 0.1) is 13.8 Å². The van der Waals surface area contributed by atoms with Gasteiger partial charge >= 0.3 is 0 Å². The van der Waals surface area contributed by atoms with E-state index in [4.69, 9.17) is 4.99 Å². The molecule has 0 aliphatic rings. The Labute approximate surface area is 152 Å². The molecule has 0 spiro atoms. The topological polar surface area (TPSA) is 54.2 Å². The molecule has 2 aromatic heterocycles. The maximum absolute atomic E-state index is 4.76. The Kier molecular flexibility index (Phi) is 5.38. The number of guanidine groups is 1. The van der Waals surface area contributed by atoms with E-state index in [-0.39, 0.29) is 0 Å². The van der Waals surface area contributed by atoms with E-state index in [1.54, 1.807) is 11.3 Å². The van der Waals surface area contributed by atoms with Crippen molar-refractivity contribution in [3.05, 3.63) is 52.2 Å². The standard InChI is InChI=1S/C19H25N5S/c1-5-20-19(22-11-17-13(2)23-24(4)14(17)3)21-10-15-12-25-18-9-7-6-8-16(15)18/h6-9,12H,5,10-11H2,1-4H3,(H2,20,21,22). The first-order chi connectivity index (χ1) is 12.1. The number of hydrogen-bond donors (Lipinski definition) is 2. The van der Waals surface area contributed by atoms with Gasteiger partial charge in [0.15, 0.2) is 5.96 Å². The maximum atomic E-state index is 4.76. The maximum Gasteiger partial charge on any atom is 0.191 e. The molecule has 2 heterocycles. The molecule has 132 valence electrons. The summed E-state index contributed by atoms with van der Waals surface area (Å²) >= 11 is 1.77. The van der Waals surface area contributed by atoms with E-state index in [2.05, 4.69) is 59.2 Å². The van der Waals surface area contributed by atoms with Crippen molar-refractivity contribution in [2.75, 3.05) is 6.54 Å². The predicted molar refractivity (Wildman–Crippen MR) is 106 cm³/mol. The monoisotopic (exact) mass is 355 g/mol. The van der Waals surface area contributed by atoms with E-state index in [9.17, 15) is 0 Å². The molecule has 0 fully saturated rings. The average Bonchev–Trinajstić information content (AvgIpc) is 3.12. The molecule has 0 radical (unpaired) electrons. The molecule has 1 aromatic carbocycles. The van der Waals surface area contributed by atoms with Gasteiger partial charge in [-0.3, -0.25) is 4.68 Å². The van der Waals surface area contributed by atoms with Gasteiger partial charge in [-0.05, 0) is 43.2 Å². The van der Waals surface area contributed by atoms with Crippen LogP contribution < -0.4 is 10.6 Å². The van der Waals surface area contributed by atoms with E-state index >= 15 is 0 Å². The first kappa shape index (κ1) is 17.5. The Morgan fingerprint density at radius 3 is 2.76 bits per heavy atom. The van der Waals surface area contributed by atoms with Crippen molar-refractivity contribution in [3.8, 4) is 0 Å². The Balaban J connectivity index is 1.73. The molecule has 0 aliphatic heterocycles. The quantitative estimate of drug-likeness (QED) is 0.544. The molecule has 0 amide bonds. The van der Waals surface area contributed by atoms with Gasteiger partial charge in [-0.15, -0.1) is 11.3 Å². The minimum atomic E-state index is 0.671. The highest BCUT2D eigenvalue weighted by Crippen LogP contribution is 2.26. The number of nitrogens with zero attached hydrogens (tertiary/aromatic N) is 3. The van der Waals surface area contributed by atoms with Gasteiger partial charge in [0, 0.05) is 36.1 Å². The Morgan fingerprint density at radius 2 is 2.04 bits per heavy atom. The molecule has 3 aromatic rings. The van der Waals surface area contributed by atoms with Gasteiger partial charge in [-0.25, -0.2) is 4.99 Å². The van der Waals surface area contributed by atoms with Gasteiger partial charge in [0.05, 0.1) is 12.2 Å². The van der Waals surface area contributed by atoms with Crippen LogP contribution in [0.5, 0.6) is 0 Å². The summed E-state index contributed by atoms with van der Waals surface area (Å²) in [5, 5.41) is 14.7. The molecule has 0 aliphatic carbocycles. The molecule has 2 N–H and O–H groups in total. The van der Waals surface area contributed by atoms with Gasteiger partial charge < -0.3 is 10.6 Å². The first-order valence-electron chi connectivity index (χ1n) is 8.56. The Morgan fingerprint density at radius 1 is 1.24 bits per heavy atom. The lowest BCUT2D eigenvalue weighted by Crippen LogP contribution is -2.37. The van der Waals surface area contributed by atoms with Gasteiger partial charge in [-0.2, -0.15) is 5.10 Å². The highest BCUT2D eigenvalue weighted by atomic mass is 32.1. The summed E-state index contributed by atoms with van der Waals surface area (Å²) < 4.78 is 3.24. The highest BCUT2D eigenvalue weighted by Gasteiger charge is 2.10. The fourth-order valence-corrected chi connectivity index (χ4v) is 3.86. The van der Waals surface area contributed by atoms with Crippen molar-refractivity contribution in [2.45, 2.75) is 33.9 Å². The minimum absolute atomic E-state index is 0.671. The Bertz CT molecular complexity index is 890. The van der Waals surface area contributed by atoms with Crippen LogP contribution in [0.2, 0.25) is 0 Å². The number of hydrogen-bond acceptors (Lipinski definition) is 3. The lowest BCUT2D eigenvalue weighted by molar-refractivity contribution is 0.728. The van der Waals surface area contributed by atoms with Gasteiger partial charge in [0.1, 0.15) is 0 Å². The average molecular weight is 356 g/mol. The zero-order valence-electron chi connectivity index (χ0n) is 15.3. The van der Waals surface area contributed by atoms with Gasteiger partial charge in [0.25, 0.3) is 0 Å². The van der Waals surface area contributed by atoms with Crippen molar-refractivity contribution >= 4 is 27.4 Å². The van der Waals surface area contributed by atoms with E-state index in [0.717, 1.165) is 24.7 Å². The number of fused-ring (bicyclic) bond motifs is 1. The van der Waals surface area contributed by atoms with Crippen molar-refractivity contribution in [2.24, 2.45) is 12.0 Å². The van der Waals surface area contributed by atoms with Crippen LogP contribution in [0.25, 0.3) is 10.1 Å². The van der Waals surface area contributed by atoms with E-state index in [1.807, 2.05) is 18.7 Å². The lowest BCUT2D eigenvalue weighted by atomic mass is 10.2. The summed E-state index contributed by atoms with van der Waals surface area (Å²) in [5.41, 5.74) is 4.75. The normalized spacial score (nSPS) is 11.9. The van der Waals surface area contributed by atoms with E-state index in [1.165, 1.54) is 26.9 Å². The van der Waals surface area contributed by atoms with Crippen LogP contribution in [-0.4, -0.2) is 22.3 Å². The summed E-state index contributed by atoms with van der Waals surface area (Å²) in [4.78, 5) is 4.76. The summed E-state index contributed by atoms with van der Waals surface area (Å²) in [5.74, 6) is 0.834. The molecule has 0 atom stereocenters. The Hall–Kier alpha value is -2.34. The molecule has 3 rings (SSSR count). The largest absolute Gasteiger partial charge is 0.357 e. The second-order valence-corrected chi connectivity index (χ2v) is 6.99. The van der Waals surface area contributed by atoms with Gasteiger partial charge in [-0.1, -0.05) is 18.2 Å². The van der Waals surface area contributed by atoms with Crippen LogP contribution in [-0.2, 0) is 20.1 Å². The summed E-state index contributed by atoms with van der Waals surface area (Å²) in [7, 11) is 1.98. The number of aromatic nitrogens is 2. The van der Waals surface area contributed by atoms with Crippen LogP contribution in [0.15, 0.2) is 34.6 Å². The van der Waals surface area contributed by atoms with Crippen LogP contribution in [0.1, 0.15) is 29.4 Å². The summed E-state index contributed by atoms with van der Waals surface area (Å²) in [6.07, 6.45) is 0. The van der Waals surface area contributed by atoms with Crippen molar-refractivity contribution in [1.82, 2.24) is 20.4 Å². The minimum Gasteiger partial charge on any atom is -0.357 e. The molecular weight excluding hydrogens is 330 g/mol. The van der Waals surface area contributed by atoms with E-state index < -0.39 is 0 Å². The molecular formula is C19H25N5S. The third-order valence-electron chi connectivity index (χ3n) is 4.40. The van der Waals surface area contributed by atoms with Crippen LogP contribution in [0.4, 0.5) is 0 Å². The fourth-order valence-electron chi connectivity index (χ4n) is 2.91. The molecule has 0 saturated carbocycles. The second kappa shape index (κ2) is 7.70. The fraction of sp³-hybridized carbons (Fsp3) is 0.368. The lowest BCUT2D eigenvalue weighted by Gasteiger charge is -2.11.